The number of nitrogens with zero attached hydrogens (tertiary/aromatic N) is 1. The SMILES string of the molecule is CNC(=O)CC1CCN(C(=O)c2cccc(OCC(=O)O)c2)CC1. The van der Waals surface area contributed by atoms with Crippen molar-refractivity contribution in [3.8, 4) is 5.75 Å². The fourth-order valence-electron chi connectivity index (χ4n) is 2.75. The first-order chi connectivity index (χ1) is 11.5. The second-order valence-electron chi connectivity index (χ2n) is 5.82. The fraction of sp³-hybridized carbons (Fsp3) is 0.471. The summed E-state index contributed by atoms with van der Waals surface area (Å²) < 4.78 is 5.10. The van der Waals surface area contributed by atoms with Crippen molar-refractivity contribution < 1.29 is 24.2 Å². The number of nitrogens with one attached hydrogen (secondary N) is 1. The zero-order valence-electron chi connectivity index (χ0n) is 13.7. The van der Waals surface area contributed by atoms with Crippen molar-refractivity contribution in [2.75, 3.05) is 26.7 Å². The van der Waals surface area contributed by atoms with Crippen LogP contribution in [0, 0.1) is 5.92 Å². The van der Waals surface area contributed by atoms with E-state index in [2.05, 4.69) is 5.32 Å². The van der Waals surface area contributed by atoms with E-state index in [0.717, 1.165) is 12.8 Å². The Morgan fingerprint density at radius 3 is 2.62 bits per heavy atom. The van der Waals surface area contributed by atoms with E-state index in [1.54, 1.807) is 36.2 Å². The monoisotopic (exact) mass is 334 g/mol. The Balaban J connectivity index is 1.92. The first-order valence-electron chi connectivity index (χ1n) is 7.94. The van der Waals surface area contributed by atoms with Crippen molar-refractivity contribution in [2.45, 2.75) is 19.3 Å². The molecular weight excluding hydrogens is 312 g/mol. The third-order valence-electron chi connectivity index (χ3n) is 4.10. The van der Waals surface area contributed by atoms with Crippen molar-refractivity contribution in [1.82, 2.24) is 10.2 Å². The number of piperidine rings is 1. The van der Waals surface area contributed by atoms with Gasteiger partial charge in [-0.25, -0.2) is 4.79 Å². The molecule has 0 radical (unpaired) electrons. The van der Waals surface area contributed by atoms with E-state index in [0.29, 0.717) is 36.7 Å². The number of carboxylic acid groups (broad SMARTS) is 1. The number of ether oxygens (including phenoxy) is 1. The molecule has 1 aliphatic heterocycles. The van der Waals surface area contributed by atoms with Gasteiger partial charge in [-0.2, -0.15) is 0 Å². The molecule has 7 nitrogen and oxygen atoms in total. The summed E-state index contributed by atoms with van der Waals surface area (Å²) in [5.41, 5.74) is 0.475. The molecule has 1 heterocycles. The molecule has 0 aliphatic carbocycles. The quantitative estimate of drug-likeness (QED) is 0.813. The van der Waals surface area contributed by atoms with Gasteiger partial charge in [-0.05, 0) is 37.0 Å². The second-order valence-corrected chi connectivity index (χ2v) is 5.82. The summed E-state index contributed by atoms with van der Waals surface area (Å²) in [6.07, 6.45) is 2.10. The number of carbonyl (C=O) groups is 3. The molecule has 1 aromatic carbocycles. The zero-order chi connectivity index (χ0) is 17.5. The summed E-state index contributed by atoms with van der Waals surface area (Å²) in [6, 6.07) is 6.53. The smallest absolute Gasteiger partial charge is 0.341 e. The van der Waals surface area contributed by atoms with Gasteiger partial charge in [0.1, 0.15) is 5.75 Å². The Morgan fingerprint density at radius 2 is 2.00 bits per heavy atom. The van der Waals surface area contributed by atoms with E-state index in [4.69, 9.17) is 9.84 Å². The minimum absolute atomic E-state index is 0.0306. The van der Waals surface area contributed by atoms with Crippen LogP contribution in [0.3, 0.4) is 0 Å². The number of likely N-dealkylation sites (tertiary alicyclic amines) is 1. The Morgan fingerprint density at radius 1 is 1.29 bits per heavy atom. The van der Waals surface area contributed by atoms with Crippen molar-refractivity contribution >= 4 is 17.8 Å². The van der Waals surface area contributed by atoms with Gasteiger partial charge in [0.25, 0.3) is 5.91 Å². The molecule has 0 aromatic heterocycles. The van der Waals surface area contributed by atoms with Gasteiger partial charge >= 0.3 is 5.97 Å². The second kappa shape index (κ2) is 8.33. The van der Waals surface area contributed by atoms with Gasteiger partial charge in [-0.15, -0.1) is 0 Å². The molecule has 2 N–H and O–H groups in total. The number of carboxylic acids is 1. The first-order valence-corrected chi connectivity index (χ1v) is 7.94. The molecule has 0 saturated carbocycles. The number of rotatable bonds is 6. The highest BCUT2D eigenvalue weighted by Crippen LogP contribution is 2.23. The standard InChI is InChI=1S/C17H22N2O5/c1-18-15(20)9-12-5-7-19(8-6-12)17(23)13-3-2-4-14(10-13)24-11-16(21)22/h2-4,10,12H,5-9,11H2,1H3,(H,18,20)(H,21,22). The van der Waals surface area contributed by atoms with E-state index < -0.39 is 12.6 Å². The van der Waals surface area contributed by atoms with Gasteiger partial charge in [-0.3, -0.25) is 9.59 Å². The topological polar surface area (TPSA) is 95.9 Å². The fourth-order valence-corrected chi connectivity index (χ4v) is 2.75. The average molecular weight is 334 g/mol. The van der Waals surface area contributed by atoms with Crippen molar-refractivity contribution in [3.05, 3.63) is 29.8 Å². The number of hydrogen-bond acceptors (Lipinski definition) is 4. The molecule has 1 aliphatic rings. The summed E-state index contributed by atoms with van der Waals surface area (Å²) in [5.74, 6) is -0.473. The highest BCUT2D eigenvalue weighted by Gasteiger charge is 2.25. The summed E-state index contributed by atoms with van der Waals surface area (Å²) in [6.45, 7) is 0.782. The Hall–Kier alpha value is -2.57. The molecule has 2 amide bonds. The first kappa shape index (κ1) is 17.8. The molecule has 0 bridgehead atoms. The van der Waals surface area contributed by atoms with Gasteiger partial charge in [0.15, 0.2) is 6.61 Å². The molecule has 1 aromatic rings. The van der Waals surface area contributed by atoms with Crippen molar-refractivity contribution in [3.63, 3.8) is 0 Å². The number of benzene rings is 1. The van der Waals surface area contributed by atoms with Gasteiger partial charge in [-0.1, -0.05) is 6.07 Å². The lowest BCUT2D eigenvalue weighted by Gasteiger charge is -2.31. The van der Waals surface area contributed by atoms with E-state index >= 15 is 0 Å². The van der Waals surface area contributed by atoms with E-state index in [9.17, 15) is 14.4 Å². The van der Waals surface area contributed by atoms with Gasteiger partial charge < -0.3 is 20.1 Å². The third-order valence-corrected chi connectivity index (χ3v) is 4.10. The molecule has 2 rings (SSSR count). The molecule has 130 valence electrons. The summed E-state index contributed by atoms with van der Waals surface area (Å²) >= 11 is 0. The molecule has 1 saturated heterocycles. The minimum Gasteiger partial charge on any atom is -0.482 e. The Bertz CT molecular complexity index is 609. The van der Waals surface area contributed by atoms with Gasteiger partial charge in [0, 0.05) is 32.1 Å². The van der Waals surface area contributed by atoms with E-state index in [-0.39, 0.29) is 11.8 Å². The predicted octanol–water partition coefficient (Wildman–Crippen LogP) is 1.14. The number of amides is 2. The van der Waals surface area contributed by atoms with Crippen LogP contribution in [0.15, 0.2) is 24.3 Å². The molecule has 1 fully saturated rings. The molecule has 24 heavy (non-hydrogen) atoms. The van der Waals surface area contributed by atoms with Crippen molar-refractivity contribution in [2.24, 2.45) is 5.92 Å². The zero-order valence-corrected chi connectivity index (χ0v) is 13.7. The molecule has 7 heteroatoms. The van der Waals surface area contributed by atoms with Crippen LogP contribution in [0.2, 0.25) is 0 Å². The third kappa shape index (κ3) is 4.97. The Labute approximate surface area is 140 Å². The molecule has 0 atom stereocenters. The maximum Gasteiger partial charge on any atom is 0.341 e. The van der Waals surface area contributed by atoms with Crippen LogP contribution in [0.4, 0.5) is 0 Å². The molecule has 0 unspecified atom stereocenters. The van der Waals surface area contributed by atoms with Crippen LogP contribution in [0.25, 0.3) is 0 Å². The number of hydrogen-bond donors (Lipinski definition) is 2. The predicted molar refractivity (Wildman–Crippen MR) is 86.9 cm³/mol. The van der Waals surface area contributed by atoms with E-state index in [1.165, 1.54) is 0 Å². The number of carbonyl (C=O) groups excluding carboxylic acids is 2. The lowest BCUT2D eigenvalue weighted by molar-refractivity contribution is -0.139. The lowest BCUT2D eigenvalue weighted by atomic mass is 9.93. The van der Waals surface area contributed by atoms with Crippen LogP contribution >= 0.6 is 0 Å². The largest absolute Gasteiger partial charge is 0.482 e. The molecular formula is C17H22N2O5. The maximum atomic E-state index is 12.5. The van der Waals surface area contributed by atoms with Crippen LogP contribution in [0.5, 0.6) is 5.75 Å². The summed E-state index contributed by atoms with van der Waals surface area (Å²) in [4.78, 5) is 36.3. The highest BCUT2D eigenvalue weighted by molar-refractivity contribution is 5.94. The highest BCUT2D eigenvalue weighted by atomic mass is 16.5. The average Bonchev–Trinajstić information content (AvgIpc) is 2.60. The van der Waals surface area contributed by atoms with Crippen LogP contribution in [-0.4, -0.2) is 54.5 Å². The van der Waals surface area contributed by atoms with Crippen LogP contribution < -0.4 is 10.1 Å². The number of aliphatic carboxylic acids is 1. The van der Waals surface area contributed by atoms with Gasteiger partial charge in [0.2, 0.25) is 5.91 Å². The van der Waals surface area contributed by atoms with Crippen LogP contribution in [0.1, 0.15) is 29.6 Å². The van der Waals surface area contributed by atoms with Crippen molar-refractivity contribution in [1.29, 1.82) is 0 Å². The summed E-state index contributed by atoms with van der Waals surface area (Å²) in [5, 5.41) is 11.3. The minimum atomic E-state index is -1.06. The van der Waals surface area contributed by atoms with Gasteiger partial charge in [0.05, 0.1) is 0 Å². The lowest BCUT2D eigenvalue weighted by Crippen LogP contribution is -2.39. The molecule has 0 spiro atoms. The normalized spacial score (nSPS) is 15.0. The van der Waals surface area contributed by atoms with Crippen LogP contribution in [-0.2, 0) is 9.59 Å². The maximum absolute atomic E-state index is 12.5. The summed E-state index contributed by atoms with van der Waals surface area (Å²) in [7, 11) is 1.63. The van der Waals surface area contributed by atoms with E-state index in [1.807, 2.05) is 0 Å². The Kier molecular flexibility index (Phi) is 6.17.